The van der Waals surface area contributed by atoms with E-state index in [1.807, 2.05) is 26.8 Å². The minimum Gasteiger partial charge on any atom is -0.374 e. The fourth-order valence-electron chi connectivity index (χ4n) is 1.86. The highest BCUT2D eigenvalue weighted by Gasteiger charge is 2.17. The van der Waals surface area contributed by atoms with Crippen LogP contribution in [0.3, 0.4) is 0 Å². The topological polar surface area (TPSA) is 68.3 Å². The van der Waals surface area contributed by atoms with Gasteiger partial charge in [0.2, 0.25) is 0 Å². The first-order valence-corrected chi connectivity index (χ1v) is 7.58. The highest BCUT2D eigenvalue weighted by Crippen LogP contribution is 2.15. The van der Waals surface area contributed by atoms with Crippen molar-refractivity contribution in [3.8, 4) is 0 Å². The van der Waals surface area contributed by atoms with Crippen LogP contribution in [0.1, 0.15) is 40.4 Å². The van der Waals surface area contributed by atoms with Crippen LogP contribution in [0.4, 0.5) is 11.6 Å². The molecule has 0 saturated carbocycles. The Kier molecular flexibility index (Phi) is 7.39. The fraction of sp³-hybridized carbons (Fsp3) is 0.733. The second-order valence-electron chi connectivity index (χ2n) is 5.27. The van der Waals surface area contributed by atoms with E-state index >= 15 is 0 Å². The summed E-state index contributed by atoms with van der Waals surface area (Å²) in [4.78, 5) is 8.90. The van der Waals surface area contributed by atoms with Gasteiger partial charge in [0.05, 0.1) is 5.60 Å². The monoisotopic (exact) mass is 296 g/mol. The molecule has 0 saturated heterocycles. The minimum atomic E-state index is -0.238. The quantitative estimate of drug-likeness (QED) is 0.692. The summed E-state index contributed by atoms with van der Waals surface area (Å²) in [5.41, 5.74) is -0.238. The Morgan fingerprint density at radius 2 is 1.71 bits per heavy atom. The van der Waals surface area contributed by atoms with Crippen molar-refractivity contribution < 1.29 is 9.47 Å². The number of rotatable bonds is 10. The summed E-state index contributed by atoms with van der Waals surface area (Å²) in [6, 6.07) is 1.90. The molecule has 0 unspecified atom stereocenters. The predicted octanol–water partition coefficient (Wildman–Crippen LogP) is 2.67. The first-order valence-electron chi connectivity index (χ1n) is 7.58. The van der Waals surface area contributed by atoms with Crippen molar-refractivity contribution in [2.24, 2.45) is 0 Å². The van der Waals surface area contributed by atoms with Gasteiger partial charge >= 0.3 is 0 Å². The molecule has 6 nitrogen and oxygen atoms in total. The molecular formula is C15H28N4O2. The zero-order valence-corrected chi connectivity index (χ0v) is 13.8. The molecule has 0 aliphatic carbocycles. The fourth-order valence-corrected chi connectivity index (χ4v) is 1.86. The van der Waals surface area contributed by atoms with Gasteiger partial charge in [0.25, 0.3) is 0 Å². The first-order chi connectivity index (χ1) is 10.0. The number of aromatic nitrogens is 2. The van der Waals surface area contributed by atoms with Crippen LogP contribution in [-0.2, 0) is 16.1 Å². The molecule has 2 N–H and O–H groups in total. The van der Waals surface area contributed by atoms with Crippen molar-refractivity contribution in [1.82, 2.24) is 9.97 Å². The lowest BCUT2D eigenvalue weighted by molar-refractivity contribution is 0.000633. The van der Waals surface area contributed by atoms with Gasteiger partial charge in [0, 0.05) is 32.4 Å². The van der Waals surface area contributed by atoms with Crippen molar-refractivity contribution in [1.29, 1.82) is 0 Å². The maximum Gasteiger partial charge on any atom is 0.158 e. The summed E-state index contributed by atoms with van der Waals surface area (Å²) in [6.07, 6.45) is 0. The summed E-state index contributed by atoms with van der Waals surface area (Å²) in [5, 5.41) is 6.52. The Labute approximate surface area is 127 Å². The van der Waals surface area contributed by atoms with E-state index in [-0.39, 0.29) is 5.60 Å². The van der Waals surface area contributed by atoms with Crippen LogP contribution in [0.15, 0.2) is 6.07 Å². The molecule has 1 aromatic heterocycles. The van der Waals surface area contributed by atoms with Gasteiger partial charge in [-0.2, -0.15) is 0 Å². The average molecular weight is 296 g/mol. The van der Waals surface area contributed by atoms with E-state index in [1.165, 1.54) is 0 Å². The normalized spacial score (nSPS) is 11.5. The number of nitrogens with zero attached hydrogens (tertiary/aromatic N) is 2. The van der Waals surface area contributed by atoms with Gasteiger partial charge in [-0.3, -0.25) is 0 Å². The first kappa shape index (κ1) is 17.7. The molecule has 6 heteroatoms. The van der Waals surface area contributed by atoms with Gasteiger partial charge in [-0.05, 0) is 34.6 Å². The average Bonchev–Trinajstić information content (AvgIpc) is 2.43. The minimum absolute atomic E-state index is 0.238. The third-order valence-electron chi connectivity index (χ3n) is 2.80. The van der Waals surface area contributed by atoms with Gasteiger partial charge in [-0.25, -0.2) is 9.97 Å². The zero-order chi connectivity index (χ0) is 15.7. The van der Waals surface area contributed by atoms with Gasteiger partial charge in [0.1, 0.15) is 18.2 Å². The number of nitrogens with one attached hydrogen (secondary N) is 2. The number of ether oxygens (including phenoxy) is 2. The van der Waals surface area contributed by atoms with Crippen molar-refractivity contribution in [2.45, 2.75) is 46.8 Å². The Morgan fingerprint density at radius 1 is 1.05 bits per heavy atom. The molecule has 0 radical (unpaired) electrons. The third kappa shape index (κ3) is 6.73. The maximum absolute atomic E-state index is 5.68. The lowest BCUT2D eigenvalue weighted by atomic mass is 10.1. The second-order valence-corrected chi connectivity index (χ2v) is 5.27. The van der Waals surface area contributed by atoms with Crippen molar-refractivity contribution >= 4 is 11.6 Å². The highest BCUT2D eigenvalue weighted by molar-refractivity contribution is 5.47. The van der Waals surface area contributed by atoms with E-state index in [9.17, 15) is 0 Å². The van der Waals surface area contributed by atoms with Crippen molar-refractivity contribution in [3.05, 3.63) is 11.9 Å². The molecule has 1 heterocycles. The van der Waals surface area contributed by atoms with Crippen LogP contribution in [0.2, 0.25) is 0 Å². The zero-order valence-electron chi connectivity index (χ0n) is 13.8. The molecule has 0 aromatic carbocycles. The standard InChI is InChI=1S/C15H28N4O2/c1-6-16-12-9-13(17-11-15(4,5)21-8-3)19-14(18-12)10-20-7-2/h9H,6-8,10-11H2,1-5H3,(H2,16,17,18,19). The van der Waals surface area contributed by atoms with Crippen LogP contribution in [0.25, 0.3) is 0 Å². The van der Waals surface area contributed by atoms with E-state index in [1.54, 1.807) is 0 Å². The SMILES string of the molecule is CCNc1cc(NCC(C)(C)OCC)nc(COCC)n1. The largest absolute Gasteiger partial charge is 0.374 e. The highest BCUT2D eigenvalue weighted by atomic mass is 16.5. The van der Waals surface area contributed by atoms with Crippen molar-refractivity contribution in [2.75, 3.05) is 36.9 Å². The number of hydrogen-bond donors (Lipinski definition) is 2. The van der Waals surface area contributed by atoms with E-state index in [0.29, 0.717) is 32.2 Å². The van der Waals surface area contributed by atoms with E-state index in [0.717, 1.165) is 18.2 Å². The van der Waals surface area contributed by atoms with Crippen molar-refractivity contribution in [3.63, 3.8) is 0 Å². The Bertz CT molecular complexity index is 424. The number of hydrogen-bond acceptors (Lipinski definition) is 6. The number of anilines is 2. The van der Waals surface area contributed by atoms with Gasteiger partial charge < -0.3 is 20.1 Å². The van der Waals surface area contributed by atoms with Gasteiger partial charge in [-0.15, -0.1) is 0 Å². The molecule has 1 rings (SSSR count). The van der Waals surface area contributed by atoms with Gasteiger partial charge in [0.15, 0.2) is 5.82 Å². The van der Waals surface area contributed by atoms with Gasteiger partial charge in [-0.1, -0.05) is 0 Å². The Hall–Kier alpha value is -1.40. The van der Waals surface area contributed by atoms with Crippen LogP contribution in [0.5, 0.6) is 0 Å². The van der Waals surface area contributed by atoms with E-state index in [4.69, 9.17) is 9.47 Å². The van der Waals surface area contributed by atoms with Crippen LogP contribution in [0, 0.1) is 0 Å². The van der Waals surface area contributed by atoms with Crippen LogP contribution < -0.4 is 10.6 Å². The molecule has 0 spiro atoms. The molecule has 0 fully saturated rings. The summed E-state index contributed by atoms with van der Waals surface area (Å²) in [6.45, 7) is 13.3. The molecule has 21 heavy (non-hydrogen) atoms. The maximum atomic E-state index is 5.68. The summed E-state index contributed by atoms with van der Waals surface area (Å²) < 4.78 is 11.1. The molecular weight excluding hydrogens is 268 g/mol. The molecule has 120 valence electrons. The molecule has 0 amide bonds. The summed E-state index contributed by atoms with van der Waals surface area (Å²) in [7, 11) is 0. The molecule has 0 atom stereocenters. The smallest absolute Gasteiger partial charge is 0.158 e. The third-order valence-corrected chi connectivity index (χ3v) is 2.80. The van der Waals surface area contributed by atoms with Crippen LogP contribution >= 0.6 is 0 Å². The molecule has 0 aliphatic rings. The lowest BCUT2D eigenvalue weighted by Crippen LogP contribution is -2.33. The van der Waals surface area contributed by atoms with Crippen LogP contribution in [-0.4, -0.2) is 41.9 Å². The molecule has 0 bridgehead atoms. The predicted molar refractivity (Wildman–Crippen MR) is 85.7 cm³/mol. The Balaban J connectivity index is 2.77. The summed E-state index contributed by atoms with van der Waals surface area (Å²) >= 11 is 0. The van der Waals surface area contributed by atoms with E-state index < -0.39 is 0 Å². The molecule has 1 aromatic rings. The lowest BCUT2D eigenvalue weighted by Gasteiger charge is -2.25. The molecule has 0 aliphatic heterocycles. The Morgan fingerprint density at radius 3 is 2.29 bits per heavy atom. The van der Waals surface area contributed by atoms with E-state index in [2.05, 4.69) is 34.4 Å². The summed E-state index contributed by atoms with van der Waals surface area (Å²) in [5.74, 6) is 2.26. The second kappa shape index (κ2) is 8.79.